The Morgan fingerprint density at radius 2 is 2.11 bits per heavy atom. The average molecular weight is 264 g/mol. The van der Waals surface area contributed by atoms with Gasteiger partial charge in [0.05, 0.1) is 12.8 Å². The molecule has 1 aromatic heterocycles. The smallest absolute Gasteiger partial charge is 0.169 e. The predicted octanol–water partition coefficient (Wildman–Crippen LogP) is 2.73. The van der Waals surface area contributed by atoms with E-state index >= 15 is 0 Å². The summed E-state index contributed by atoms with van der Waals surface area (Å²) in [6.45, 7) is 4.77. The predicted molar refractivity (Wildman–Crippen MR) is 69.5 cm³/mol. The second-order valence-electron chi connectivity index (χ2n) is 4.34. The molecule has 2 aromatic rings. The minimum Gasteiger partial charge on any atom is -0.494 e. The number of ether oxygens (including phenoxy) is 1. The number of aromatic nitrogens is 1. The lowest BCUT2D eigenvalue weighted by molar-refractivity contribution is 0.383. The van der Waals surface area contributed by atoms with Gasteiger partial charge in [-0.15, -0.1) is 0 Å². The molecule has 0 amide bonds. The van der Waals surface area contributed by atoms with Gasteiger partial charge >= 0.3 is 0 Å². The first-order chi connectivity index (χ1) is 9.13. The van der Waals surface area contributed by atoms with Crippen molar-refractivity contribution in [3.8, 4) is 5.75 Å². The maximum atomic E-state index is 13.9. The first kappa shape index (κ1) is 13.5. The number of aryl methyl sites for hydroxylation is 2. The number of rotatable bonds is 5. The molecule has 0 bridgehead atoms. The molecule has 0 radical (unpaired) electrons. The average Bonchev–Trinajstić information content (AvgIpc) is 2.72. The number of methoxy groups -OCH3 is 1. The Labute approximate surface area is 111 Å². The normalized spacial score (nSPS) is 10.7. The summed E-state index contributed by atoms with van der Waals surface area (Å²) in [5.41, 5.74) is 2.45. The molecule has 0 saturated heterocycles. The van der Waals surface area contributed by atoms with E-state index in [1.165, 1.54) is 7.11 Å². The van der Waals surface area contributed by atoms with Crippen LogP contribution in [0.5, 0.6) is 5.75 Å². The molecule has 0 fully saturated rings. The standard InChI is InChI=1S/C14H17FN2O2/c1-9-12(10(2)19-17-9)8-16-7-11-5-4-6-13(18-3)14(11)15/h4-6,16H,7-8H2,1-3H3. The fraction of sp³-hybridized carbons (Fsp3) is 0.357. The maximum Gasteiger partial charge on any atom is 0.169 e. The van der Waals surface area contributed by atoms with E-state index in [9.17, 15) is 4.39 Å². The quantitative estimate of drug-likeness (QED) is 0.902. The van der Waals surface area contributed by atoms with Crippen molar-refractivity contribution in [1.29, 1.82) is 0 Å². The van der Waals surface area contributed by atoms with Crippen molar-refractivity contribution in [3.05, 3.63) is 46.6 Å². The summed E-state index contributed by atoms with van der Waals surface area (Å²) in [7, 11) is 1.46. The Kier molecular flexibility index (Phi) is 4.16. The van der Waals surface area contributed by atoms with Crippen LogP contribution in [0.4, 0.5) is 4.39 Å². The molecular formula is C14H17FN2O2. The topological polar surface area (TPSA) is 47.3 Å². The van der Waals surface area contributed by atoms with Crippen LogP contribution in [0.2, 0.25) is 0 Å². The van der Waals surface area contributed by atoms with Gasteiger partial charge in [-0.2, -0.15) is 0 Å². The van der Waals surface area contributed by atoms with Crippen molar-refractivity contribution in [1.82, 2.24) is 10.5 Å². The molecule has 0 atom stereocenters. The van der Waals surface area contributed by atoms with Crippen molar-refractivity contribution in [2.45, 2.75) is 26.9 Å². The summed E-state index contributed by atoms with van der Waals surface area (Å²) in [6, 6.07) is 5.11. The molecule has 0 aliphatic heterocycles. The van der Waals surface area contributed by atoms with E-state index in [4.69, 9.17) is 9.26 Å². The van der Waals surface area contributed by atoms with Crippen molar-refractivity contribution in [2.24, 2.45) is 0 Å². The molecule has 4 nitrogen and oxygen atoms in total. The zero-order valence-electron chi connectivity index (χ0n) is 11.3. The number of halogens is 1. The van der Waals surface area contributed by atoms with Crippen LogP contribution in [-0.4, -0.2) is 12.3 Å². The number of nitrogens with one attached hydrogen (secondary N) is 1. The maximum absolute atomic E-state index is 13.9. The summed E-state index contributed by atoms with van der Waals surface area (Å²) < 4.78 is 23.9. The number of hydrogen-bond acceptors (Lipinski definition) is 4. The lowest BCUT2D eigenvalue weighted by Crippen LogP contribution is -2.14. The Hall–Kier alpha value is -1.88. The van der Waals surface area contributed by atoms with Gasteiger partial charge in [-0.05, 0) is 19.9 Å². The van der Waals surface area contributed by atoms with E-state index < -0.39 is 0 Å². The van der Waals surface area contributed by atoms with E-state index in [-0.39, 0.29) is 11.6 Å². The lowest BCUT2D eigenvalue weighted by atomic mass is 10.1. The van der Waals surface area contributed by atoms with E-state index in [1.807, 2.05) is 13.8 Å². The monoisotopic (exact) mass is 264 g/mol. The molecular weight excluding hydrogens is 247 g/mol. The molecule has 0 saturated carbocycles. The Morgan fingerprint density at radius 3 is 2.74 bits per heavy atom. The van der Waals surface area contributed by atoms with E-state index in [0.717, 1.165) is 17.0 Å². The molecule has 1 heterocycles. The summed E-state index contributed by atoms with van der Waals surface area (Å²) in [4.78, 5) is 0. The molecule has 2 rings (SSSR count). The van der Waals surface area contributed by atoms with Gasteiger partial charge in [0.15, 0.2) is 11.6 Å². The van der Waals surface area contributed by atoms with Crippen molar-refractivity contribution >= 4 is 0 Å². The third-order valence-corrected chi connectivity index (χ3v) is 3.06. The van der Waals surface area contributed by atoms with Gasteiger partial charge in [0.1, 0.15) is 5.76 Å². The van der Waals surface area contributed by atoms with E-state index in [1.54, 1.807) is 18.2 Å². The minimum absolute atomic E-state index is 0.261. The second kappa shape index (κ2) is 5.84. The molecule has 5 heteroatoms. The van der Waals surface area contributed by atoms with E-state index in [2.05, 4.69) is 10.5 Å². The zero-order valence-corrected chi connectivity index (χ0v) is 11.3. The van der Waals surface area contributed by atoms with Crippen LogP contribution in [0.25, 0.3) is 0 Å². The molecule has 19 heavy (non-hydrogen) atoms. The third kappa shape index (κ3) is 2.93. The van der Waals surface area contributed by atoms with Crippen LogP contribution in [0.1, 0.15) is 22.6 Å². The van der Waals surface area contributed by atoms with Crippen LogP contribution in [0.15, 0.2) is 22.7 Å². The largest absolute Gasteiger partial charge is 0.494 e. The summed E-state index contributed by atoms with van der Waals surface area (Å²) in [5, 5.41) is 7.06. The van der Waals surface area contributed by atoms with Gasteiger partial charge in [-0.25, -0.2) is 4.39 Å². The molecule has 0 spiro atoms. The van der Waals surface area contributed by atoms with Crippen molar-refractivity contribution in [3.63, 3.8) is 0 Å². The van der Waals surface area contributed by atoms with Crippen LogP contribution in [-0.2, 0) is 13.1 Å². The molecule has 0 aliphatic rings. The number of nitrogens with zero attached hydrogens (tertiary/aromatic N) is 1. The SMILES string of the molecule is COc1cccc(CNCc2c(C)noc2C)c1F. The molecule has 1 aromatic carbocycles. The van der Waals surface area contributed by atoms with Crippen molar-refractivity contribution in [2.75, 3.05) is 7.11 Å². The van der Waals surface area contributed by atoms with Crippen LogP contribution in [0.3, 0.4) is 0 Å². The summed E-state index contributed by atoms with van der Waals surface area (Å²) in [6.07, 6.45) is 0. The number of hydrogen-bond donors (Lipinski definition) is 1. The first-order valence-electron chi connectivity index (χ1n) is 6.07. The number of benzene rings is 1. The molecule has 1 N–H and O–H groups in total. The lowest BCUT2D eigenvalue weighted by Gasteiger charge is -2.08. The van der Waals surface area contributed by atoms with Gasteiger partial charge in [0.25, 0.3) is 0 Å². The van der Waals surface area contributed by atoms with Gasteiger partial charge < -0.3 is 14.6 Å². The molecule has 102 valence electrons. The van der Waals surface area contributed by atoms with Gasteiger partial charge in [0, 0.05) is 24.2 Å². The van der Waals surface area contributed by atoms with Crippen LogP contribution in [0, 0.1) is 19.7 Å². The third-order valence-electron chi connectivity index (χ3n) is 3.06. The Bertz CT molecular complexity index is 547. The van der Waals surface area contributed by atoms with Crippen LogP contribution >= 0.6 is 0 Å². The van der Waals surface area contributed by atoms with Gasteiger partial charge in [-0.3, -0.25) is 0 Å². The fourth-order valence-electron chi connectivity index (χ4n) is 1.93. The highest BCUT2D eigenvalue weighted by Gasteiger charge is 2.10. The van der Waals surface area contributed by atoms with Gasteiger partial charge in [-0.1, -0.05) is 17.3 Å². The van der Waals surface area contributed by atoms with Gasteiger partial charge in [0.2, 0.25) is 0 Å². The zero-order chi connectivity index (χ0) is 13.8. The summed E-state index contributed by atoms with van der Waals surface area (Å²) >= 11 is 0. The first-order valence-corrected chi connectivity index (χ1v) is 6.07. The van der Waals surface area contributed by atoms with E-state index in [0.29, 0.717) is 18.7 Å². The fourth-order valence-corrected chi connectivity index (χ4v) is 1.93. The van der Waals surface area contributed by atoms with Crippen LogP contribution < -0.4 is 10.1 Å². The highest BCUT2D eigenvalue weighted by molar-refractivity contribution is 5.31. The second-order valence-corrected chi connectivity index (χ2v) is 4.34. The molecule has 0 aliphatic carbocycles. The molecule has 0 unspecified atom stereocenters. The summed E-state index contributed by atoms with van der Waals surface area (Å²) in [5.74, 6) is 0.726. The minimum atomic E-state index is -0.323. The van der Waals surface area contributed by atoms with Crippen molar-refractivity contribution < 1.29 is 13.7 Å². The highest BCUT2D eigenvalue weighted by Crippen LogP contribution is 2.20. The Morgan fingerprint density at radius 1 is 1.32 bits per heavy atom. The highest BCUT2D eigenvalue weighted by atomic mass is 19.1. The Balaban J connectivity index is 2.00.